The molecule has 1 aromatic heterocycles. The Balaban J connectivity index is 1.53. The van der Waals surface area contributed by atoms with Crippen molar-refractivity contribution < 1.29 is 19.1 Å². The molecule has 29 heavy (non-hydrogen) atoms. The highest BCUT2D eigenvalue weighted by Gasteiger charge is 2.26. The molecule has 0 atom stereocenters. The molecule has 2 heterocycles. The summed E-state index contributed by atoms with van der Waals surface area (Å²) in [5.74, 6) is 0.850. The van der Waals surface area contributed by atoms with Gasteiger partial charge in [0.05, 0.1) is 19.1 Å². The molecule has 2 amide bonds. The molecule has 3 aromatic rings. The first-order valence-corrected chi connectivity index (χ1v) is 9.99. The van der Waals surface area contributed by atoms with Crippen LogP contribution in [0.4, 0.5) is 11.4 Å². The fraction of sp³-hybridized carbons (Fsp3) is 0.182. The number of amides is 2. The van der Waals surface area contributed by atoms with Crippen LogP contribution in [0.2, 0.25) is 0 Å². The number of rotatable bonds is 5. The minimum Gasteiger partial charge on any atom is -0.497 e. The number of thiophene rings is 1. The number of nitrogens with one attached hydrogen (secondary N) is 1. The highest BCUT2D eigenvalue weighted by atomic mass is 32.1. The number of methoxy groups -OCH3 is 2. The molecule has 0 saturated heterocycles. The van der Waals surface area contributed by atoms with E-state index in [1.54, 1.807) is 37.3 Å². The Kier molecular flexibility index (Phi) is 5.22. The lowest BCUT2D eigenvalue weighted by Gasteiger charge is -2.17. The van der Waals surface area contributed by atoms with Crippen molar-refractivity contribution in [1.29, 1.82) is 0 Å². The van der Waals surface area contributed by atoms with Gasteiger partial charge in [0.2, 0.25) is 0 Å². The van der Waals surface area contributed by atoms with E-state index in [2.05, 4.69) is 5.32 Å². The summed E-state index contributed by atoms with van der Waals surface area (Å²) in [6, 6.07) is 14.4. The van der Waals surface area contributed by atoms with Gasteiger partial charge < -0.3 is 19.7 Å². The van der Waals surface area contributed by atoms with Crippen molar-refractivity contribution in [3.05, 3.63) is 69.9 Å². The summed E-state index contributed by atoms with van der Waals surface area (Å²) in [4.78, 5) is 27.9. The van der Waals surface area contributed by atoms with E-state index < -0.39 is 0 Å². The third-order valence-corrected chi connectivity index (χ3v) is 5.68. The Morgan fingerprint density at radius 1 is 1.03 bits per heavy atom. The van der Waals surface area contributed by atoms with Gasteiger partial charge in [0.15, 0.2) is 0 Å². The smallest absolute Gasteiger partial charge is 0.268 e. The first-order chi connectivity index (χ1) is 14.1. The van der Waals surface area contributed by atoms with Crippen LogP contribution in [0.5, 0.6) is 11.5 Å². The molecule has 0 aliphatic carbocycles. The van der Waals surface area contributed by atoms with Gasteiger partial charge in [0.25, 0.3) is 11.8 Å². The van der Waals surface area contributed by atoms with Gasteiger partial charge in [-0.2, -0.15) is 0 Å². The van der Waals surface area contributed by atoms with Crippen molar-refractivity contribution in [2.75, 3.05) is 31.0 Å². The maximum atomic E-state index is 12.7. The predicted octanol–water partition coefficient (Wildman–Crippen LogP) is 4.22. The van der Waals surface area contributed by atoms with Gasteiger partial charge in [-0.3, -0.25) is 9.59 Å². The van der Waals surface area contributed by atoms with Crippen LogP contribution < -0.4 is 19.7 Å². The van der Waals surface area contributed by atoms with E-state index in [9.17, 15) is 9.59 Å². The molecule has 0 spiro atoms. The van der Waals surface area contributed by atoms with E-state index in [0.29, 0.717) is 29.3 Å². The number of carbonyl (C=O) groups is 2. The molecule has 148 valence electrons. The van der Waals surface area contributed by atoms with Crippen molar-refractivity contribution >= 4 is 34.5 Å². The number of anilines is 2. The normalized spacial score (nSPS) is 12.4. The highest BCUT2D eigenvalue weighted by Crippen LogP contribution is 2.32. The Hall–Kier alpha value is -3.32. The molecule has 0 fully saturated rings. The zero-order valence-electron chi connectivity index (χ0n) is 16.1. The molecule has 1 aliphatic rings. The molecular formula is C22H20N2O4S. The Labute approximate surface area is 172 Å². The number of nitrogens with zero attached hydrogens (tertiary/aromatic N) is 1. The number of ether oxygens (including phenoxy) is 2. The maximum absolute atomic E-state index is 12.7. The molecular weight excluding hydrogens is 388 g/mol. The molecule has 0 unspecified atom stereocenters. The predicted molar refractivity (Wildman–Crippen MR) is 114 cm³/mol. The quantitative estimate of drug-likeness (QED) is 0.686. The molecule has 4 rings (SSSR count). The Morgan fingerprint density at radius 3 is 2.45 bits per heavy atom. The summed E-state index contributed by atoms with van der Waals surface area (Å²) in [5, 5.41) is 4.81. The van der Waals surface area contributed by atoms with Crippen molar-refractivity contribution in [2.24, 2.45) is 0 Å². The molecule has 0 radical (unpaired) electrons. The van der Waals surface area contributed by atoms with Gasteiger partial charge in [-0.1, -0.05) is 6.07 Å². The second-order valence-electron chi connectivity index (χ2n) is 6.58. The topological polar surface area (TPSA) is 67.9 Å². The van der Waals surface area contributed by atoms with Gasteiger partial charge in [-0.25, -0.2) is 0 Å². The van der Waals surface area contributed by atoms with Crippen LogP contribution in [-0.2, 0) is 6.42 Å². The van der Waals surface area contributed by atoms with Gasteiger partial charge in [-0.05, 0) is 53.8 Å². The summed E-state index contributed by atoms with van der Waals surface area (Å²) in [6.07, 6.45) is 0.753. The average Bonchev–Trinajstić information content (AvgIpc) is 3.42. The maximum Gasteiger partial charge on any atom is 0.268 e. The number of fused-ring (bicyclic) bond motifs is 1. The largest absolute Gasteiger partial charge is 0.497 e. The third kappa shape index (κ3) is 3.82. The first kappa shape index (κ1) is 19.0. The summed E-state index contributed by atoms with van der Waals surface area (Å²) in [6.45, 7) is 0.635. The van der Waals surface area contributed by atoms with E-state index in [4.69, 9.17) is 9.47 Å². The van der Waals surface area contributed by atoms with Crippen LogP contribution in [0.25, 0.3) is 0 Å². The van der Waals surface area contributed by atoms with Crippen LogP contribution in [-0.4, -0.2) is 32.6 Å². The van der Waals surface area contributed by atoms with E-state index in [1.807, 2.05) is 35.7 Å². The fourth-order valence-electron chi connectivity index (χ4n) is 3.37. The lowest BCUT2D eigenvalue weighted by Crippen LogP contribution is -2.28. The van der Waals surface area contributed by atoms with Crippen LogP contribution >= 0.6 is 11.3 Å². The number of carbonyl (C=O) groups excluding carboxylic acids is 2. The standard InChI is InChI=1S/C22H20N2O4S/c1-27-17-11-15(12-18(13-17)28-2)21(25)23-16-5-6-19-14(10-16)7-8-24(19)22(26)20-4-3-9-29-20/h3-6,9-13H,7-8H2,1-2H3,(H,23,25). The monoisotopic (exact) mass is 408 g/mol. The summed E-state index contributed by atoms with van der Waals surface area (Å²) in [7, 11) is 3.08. The SMILES string of the molecule is COc1cc(OC)cc(C(=O)Nc2ccc3c(c2)CCN3C(=O)c2cccs2)c1. The van der Waals surface area contributed by atoms with Crippen LogP contribution in [0.15, 0.2) is 53.9 Å². The van der Waals surface area contributed by atoms with Crippen LogP contribution in [0.3, 0.4) is 0 Å². The third-order valence-electron chi connectivity index (χ3n) is 4.82. The van der Waals surface area contributed by atoms with Gasteiger partial charge in [0.1, 0.15) is 11.5 Å². The van der Waals surface area contributed by atoms with Crippen molar-refractivity contribution in [3.63, 3.8) is 0 Å². The minimum absolute atomic E-state index is 0.0130. The van der Waals surface area contributed by atoms with Crippen molar-refractivity contribution in [3.8, 4) is 11.5 Å². The van der Waals surface area contributed by atoms with Gasteiger partial charge in [-0.15, -0.1) is 11.3 Å². The van der Waals surface area contributed by atoms with Crippen molar-refractivity contribution in [2.45, 2.75) is 6.42 Å². The molecule has 0 bridgehead atoms. The molecule has 7 heteroatoms. The highest BCUT2D eigenvalue weighted by molar-refractivity contribution is 7.12. The summed E-state index contributed by atoms with van der Waals surface area (Å²) in [5.41, 5.74) is 3.05. The minimum atomic E-state index is -0.258. The second kappa shape index (κ2) is 7.97. The molecule has 6 nitrogen and oxygen atoms in total. The zero-order chi connectivity index (χ0) is 20.4. The average molecular weight is 408 g/mol. The number of hydrogen-bond acceptors (Lipinski definition) is 5. The molecule has 1 aliphatic heterocycles. The molecule has 1 N–H and O–H groups in total. The van der Waals surface area contributed by atoms with E-state index in [-0.39, 0.29) is 11.8 Å². The van der Waals surface area contributed by atoms with E-state index >= 15 is 0 Å². The van der Waals surface area contributed by atoms with E-state index in [1.165, 1.54) is 11.3 Å². The van der Waals surface area contributed by atoms with Gasteiger partial charge in [0, 0.05) is 29.5 Å². The lowest BCUT2D eigenvalue weighted by molar-refractivity contribution is 0.0991. The van der Waals surface area contributed by atoms with Crippen molar-refractivity contribution in [1.82, 2.24) is 0 Å². The zero-order valence-corrected chi connectivity index (χ0v) is 16.9. The number of benzene rings is 2. The lowest BCUT2D eigenvalue weighted by atomic mass is 10.1. The summed E-state index contributed by atoms with van der Waals surface area (Å²) >= 11 is 1.44. The summed E-state index contributed by atoms with van der Waals surface area (Å²) < 4.78 is 10.5. The van der Waals surface area contributed by atoms with E-state index in [0.717, 1.165) is 22.5 Å². The van der Waals surface area contributed by atoms with Crippen LogP contribution in [0, 0.1) is 0 Å². The van der Waals surface area contributed by atoms with Gasteiger partial charge >= 0.3 is 0 Å². The Bertz CT molecular complexity index is 1040. The van der Waals surface area contributed by atoms with Crippen LogP contribution in [0.1, 0.15) is 25.6 Å². The second-order valence-corrected chi connectivity index (χ2v) is 7.53. The first-order valence-electron chi connectivity index (χ1n) is 9.12. The fourth-order valence-corrected chi connectivity index (χ4v) is 4.04. The molecule has 0 saturated carbocycles. The molecule has 2 aromatic carbocycles. The Morgan fingerprint density at radius 2 is 1.79 bits per heavy atom. The number of hydrogen-bond donors (Lipinski definition) is 1.